The highest BCUT2D eigenvalue weighted by Crippen LogP contribution is 2.24. The molecule has 0 bridgehead atoms. The largest absolute Gasteiger partial charge is 0.342 e. The molecule has 1 atom stereocenters. The molecule has 0 radical (unpaired) electrons. The summed E-state index contributed by atoms with van der Waals surface area (Å²) in [6.45, 7) is 5.68. The van der Waals surface area contributed by atoms with Crippen LogP contribution in [0, 0.1) is 12.7 Å². The van der Waals surface area contributed by atoms with E-state index in [1.165, 1.54) is 6.07 Å². The lowest BCUT2D eigenvalue weighted by molar-refractivity contribution is -0.129. The highest BCUT2D eigenvalue weighted by atomic mass is 19.1. The monoisotopic (exact) mass is 399 g/mol. The molecule has 2 heterocycles. The molecular formula is C21H26FN5O2. The molecule has 1 aromatic heterocycles. The lowest BCUT2D eigenvalue weighted by Crippen LogP contribution is -2.37. The molecule has 1 aliphatic rings. The molecule has 0 aliphatic carbocycles. The highest BCUT2D eigenvalue weighted by molar-refractivity contribution is 5.79. The lowest BCUT2D eigenvalue weighted by Gasteiger charge is -2.24. The highest BCUT2D eigenvalue weighted by Gasteiger charge is 2.27. The SMILES string of the molecule is CC(=O)N(C)[C@@H]1CCN(Cc2ccc(F)c(N(C=O)Nc3ccc(C)nc3)c2)C1. The first-order valence-electron chi connectivity index (χ1n) is 9.55. The van der Waals surface area contributed by atoms with Gasteiger partial charge in [0, 0.05) is 45.3 Å². The topological polar surface area (TPSA) is 68.8 Å². The summed E-state index contributed by atoms with van der Waals surface area (Å²) in [6, 6.07) is 8.52. The molecule has 2 aromatic rings. The lowest BCUT2D eigenvalue weighted by atomic mass is 10.1. The van der Waals surface area contributed by atoms with Gasteiger partial charge in [0.25, 0.3) is 0 Å². The van der Waals surface area contributed by atoms with Gasteiger partial charge in [-0.3, -0.25) is 24.9 Å². The summed E-state index contributed by atoms with van der Waals surface area (Å²) in [4.78, 5) is 31.3. The van der Waals surface area contributed by atoms with Crippen molar-refractivity contribution in [3.8, 4) is 0 Å². The zero-order chi connectivity index (χ0) is 21.0. The minimum atomic E-state index is -0.496. The Morgan fingerprint density at radius 3 is 2.83 bits per heavy atom. The van der Waals surface area contributed by atoms with Gasteiger partial charge in [-0.05, 0) is 43.2 Å². The third-order valence-electron chi connectivity index (χ3n) is 5.23. The summed E-state index contributed by atoms with van der Waals surface area (Å²) in [7, 11) is 1.82. The van der Waals surface area contributed by atoms with Crippen LogP contribution in [0.4, 0.5) is 15.8 Å². The zero-order valence-corrected chi connectivity index (χ0v) is 16.9. The quantitative estimate of drug-likeness (QED) is 0.573. The van der Waals surface area contributed by atoms with Crippen LogP contribution in [0.25, 0.3) is 0 Å². The number of halogens is 1. The number of nitrogens with zero attached hydrogens (tertiary/aromatic N) is 4. The minimum absolute atomic E-state index is 0.0548. The Labute approximate surface area is 170 Å². The number of benzene rings is 1. The summed E-state index contributed by atoms with van der Waals surface area (Å²) in [5, 5.41) is 1.11. The van der Waals surface area contributed by atoms with E-state index in [2.05, 4.69) is 15.3 Å². The maximum Gasteiger partial charge on any atom is 0.232 e. The van der Waals surface area contributed by atoms with Gasteiger partial charge in [-0.2, -0.15) is 0 Å². The predicted octanol–water partition coefficient (Wildman–Crippen LogP) is 2.57. The van der Waals surface area contributed by atoms with Crippen molar-refractivity contribution in [3.63, 3.8) is 0 Å². The van der Waals surface area contributed by atoms with Crippen LogP contribution in [0.5, 0.6) is 0 Å². The molecule has 29 heavy (non-hydrogen) atoms. The van der Waals surface area contributed by atoms with Crippen LogP contribution in [-0.2, 0) is 16.1 Å². The van der Waals surface area contributed by atoms with Crippen LogP contribution in [0.15, 0.2) is 36.5 Å². The summed E-state index contributed by atoms with van der Waals surface area (Å²) < 4.78 is 14.4. The van der Waals surface area contributed by atoms with Crippen molar-refractivity contribution < 1.29 is 14.0 Å². The molecule has 0 unspecified atom stereocenters. The Morgan fingerprint density at radius 2 is 2.17 bits per heavy atom. The summed E-state index contributed by atoms with van der Waals surface area (Å²) in [5.74, 6) is -0.441. The second kappa shape index (κ2) is 9.00. The van der Waals surface area contributed by atoms with E-state index >= 15 is 0 Å². The van der Waals surface area contributed by atoms with Crippen LogP contribution < -0.4 is 10.4 Å². The first-order valence-corrected chi connectivity index (χ1v) is 9.55. The second-order valence-electron chi connectivity index (χ2n) is 7.37. The maximum atomic E-state index is 14.4. The number of rotatable bonds is 7. The van der Waals surface area contributed by atoms with Gasteiger partial charge in [-0.1, -0.05) is 6.07 Å². The fourth-order valence-corrected chi connectivity index (χ4v) is 3.44. The number of carbonyl (C=O) groups is 2. The number of hydrogen-bond donors (Lipinski definition) is 1. The van der Waals surface area contributed by atoms with Crippen molar-refractivity contribution in [2.75, 3.05) is 30.6 Å². The van der Waals surface area contributed by atoms with E-state index in [0.29, 0.717) is 18.6 Å². The molecule has 1 fully saturated rings. The van der Waals surface area contributed by atoms with Crippen LogP contribution in [0.2, 0.25) is 0 Å². The van der Waals surface area contributed by atoms with Gasteiger partial charge in [0.15, 0.2) is 0 Å². The number of pyridine rings is 1. The Morgan fingerprint density at radius 1 is 1.38 bits per heavy atom. The van der Waals surface area contributed by atoms with E-state index < -0.39 is 5.82 Å². The van der Waals surface area contributed by atoms with Gasteiger partial charge in [0.1, 0.15) is 11.5 Å². The van der Waals surface area contributed by atoms with Crippen molar-refractivity contribution in [1.82, 2.24) is 14.8 Å². The number of aryl methyl sites for hydroxylation is 1. The fraction of sp³-hybridized carbons (Fsp3) is 0.381. The van der Waals surface area contributed by atoms with Gasteiger partial charge >= 0.3 is 0 Å². The van der Waals surface area contributed by atoms with Crippen LogP contribution >= 0.6 is 0 Å². The summed E-state index contributed by atoms with van der Waals surface area (Å²) >= 11 is 0. The Kier molecular flexibility index (Phi) is 6.43. The van der Waals surface area contributed by atoms with E-state index in [1.807, 2.05) is 14.0 Å². The number of aromatic nitrogens is 1. The van der Waals surface area contributed by atoms with Gasteiger partial charge in [0.2, 0.25) is 12.3 Å². The van der Waals surface area contributed by atoms with Gasteiger partial charge < -0.3 is 4.90 Å². The normalized spacial score (nSPS) is 16.5. The Balaban J connectivity index is 1.71. The number of likely N-dealkylation sites (tertiary alicyclic amines) is 1. The Bertz CT molecular complexity index is 874. The standard InChI is InChI=1S/C21H26FN5O2/c1-15-4-6-18(11-23-15)24-27(14-28)21-10-17(5-7-20(21)22)12-26-9-8-19(13-26)25(3)16(2)29/h4-7,10-11,14,19,24H,8-9,12-13H2,1-3H3/t19-/m1/s1. The van der Waals surface area contributed by atoms with E-state index in [9.17, 15) is 14.0 Å². The smallest absolute Gasteiger partial charge is 0.232 e. The molecule has 0 saturated carbocycles. The molecule has 3 rings (SSSR count). The molecule has 154 valence electrons. The van der Waals surface area contributed by atoms with Crippen molar-refractivity contribution >= 4 is 23.7 Å². The van der Waals surface area contributed by atoms with Crippen molar-refractivity contribution in [3.05, 3.63) is 53.6 Å². The van der Waals surface area contributed by atoms with Crippen molar-refractivity contribution in [1.29, 1.82) is 0 Å². The molecule has 1 saturated heterocycles. The van der Waals surface area contributed by atoms with Gasteiger partial charge in [-0.25, -0.2) is 9.40 Å². The predicted molar refractivity (Wildman–Crippen MR) is 110 cm³/mol. The number of carbonyl (C=O) groups excluding carboxylic acids is 2. The summed E-state index contributed by atoms with van der Waals surface area (Å²) in [5.41, 5.74) is 5.35. The fourth-order valence-electron chi connectivity index (χ4n) is 3.44. The number of likely N-dealkylation sites (N-methyl/N-ethyl adjacent to an activating group) is 1. The van der Waals surface area contributed by atoms with Crippen molar-refractivity contribution in [2.45, 2.75) is 32.9 Å². The number of nitrogens with one attached hydrogen (secondary N) is 1. The molecule has 7 nitrogen and oxygen atoms in total. The molecule has 1 aliphatic heterocycles. The average Bonchev–Trinajstić information content (AvgIpc) is 3.17. The second-order valence-corrected chi connectivity index (χ2v) is 7.37. The minimum Gasteiger partial charge on any atom is -0.342 e. The van der Waals surface area contributed by atoms with Crippen LogP contribution in [0.3, 0.4) is 0 Å². The number of hydrazine groups is 1. The number of anilines is 2. The van der Waals surface area contributed by atoms with E-state index in [1.54, 1.807) is 42.3 Å². The molecular weight excluding hydrogens is 373 g/mol. The van der Waals surface area contributed by atoms with E-state index in [0.717, 1.165) is 35.8 Å². The summed E-state index contributed by atoms with van der Waals surface area (Å²) in [6.07, 6.45) is 3.03. The molecule has 2 amide bonds. The van der Waals surface area contributed by atoms with Gasteiger partial charge in [-0.15, -0.1) is 0 Å². The zero-order valence-electron chi connectivity index (χ0n) is 16.9. The van der Waals surface area contributed by atoms with E-state index in [-0.39, 0.29) is 17.6 Å². The third-order valence-corrected chi connectivity index (χ3v) is 5.23. The van der Waals surface area contributed by atoms with E-state index in [4.69, 9.17) is 0 Å². The van der Waals surface area contributed by atoms with Crippen LogP contribution in [-0.4, -0.2) is 53.3 Å². The average molecular weight is 399 g/mol. The molecule has 1 aromatic carbocycles. The molecule has 1 N–H and O–H groups in total. The first kappa shape index (κ1) is 20.7. The van der Waals surface area contributed by atoms with Gasteiger partial charge in [0.05, 0.1) is 11.9 Å². The molecule has 0 spiro atoms. The first-order chi connectivity index (χ1) is 13.9. The van der Waals surface area contributed by atoms with Crippen LogP contribution in [0.1, 0.15) is 24.6 Å². The third kappa shape index (κ3) is 5.08. The number of amides is 2. The van der Waals surface area contributed by atoms with Crippen molar-refractivity contribution in [2.24, 2.45) is 0 Å². The Hall–Kier alpha value is -3.00. The molecule has 8 heteroatoms. The maximum absolute atomic E-state index is 14.4. The number of hydrogen-bond acceptors (Lipinski definition) is 5.